The summed E-state index contributed by atoms with van der Waals surface area (Å²) in [6.07, 6.45) is 0.557. The van der Waals surface area contributed by atoms with Crippen LogP contribution in [0.4, 0.5) is 0 Å². The Labute approximate surface area is 189 Å². The first-order chi connectivity index (χ1) is 15.4. The van der Waals surface area contributed by atoms with Crippen molar-refractivity contribution in [2.24, 2.45) is 0 Å². The number of nitrogens with zero attached hydrogens (tertiary/aromatic N) is 1. The van der Waals surface area contributed by atoms with E-state index < -0.39 is 6.04 Å². The molecule has 174 valence electrons. The normalized spacial score (nSPS) is 11.4. The Morgan fingerprint density at radius 2 is 1.62 bits per heavy atom. The molecule has 2 aromatic carbocycles. The van der Waals surface area contributed by atoms with E-state index >= 15 is 0 Å². The predicted octanol–water partition coefficient (Wildman–Crippen LogP) is 2.17. The highest BCUT2D eigenvalue weighted by atomic mass is 16.5. The van der Waals surface area contributed by atoms with Crippen molar-refractivity contribution in [2.75, 3.05) is 34.5 Å². The van der Waals surface area contributed by atoms with Crippen LogP contribution < -0.4 is 19.5 Å². The zero-order valence-electron chi connectivity index (χ0n) is 19.1. The number of methoxy groups -OCH3 is 3. The molecule has 0 aliphatic carbocycles. The van der Waals surface area contributed by atoms with Gasteiger partial charge in [-0.3, -0.25) is 9.59 Å². The molecule has 2 N–H and O–H groups in total. The number of rotatable bonds is 12. The first kappa shape index (κ1) is 25.0. The third kappa shape index (κ3) is 6.88. The SMILES string of the molecule is COc1ccc(CN(C(=O)Cc2ccc(OC)c(OC)c2)[C@H](C)C(=O)NCCCO)cc1. The molecule has 2 amide bonds. The third-order valence-electron chi connectivity index (χ3n) is 5.12. The van der Waals surface area contributed by atoms with Gasteiger partial charge in [-0.15, -0.1) is 0 Å². The van der Waals surface area contributed by atoms with Crippen molar-refractivity contribution in [3.63, 3.8) is 0 Å². The van der Waals surface area contributed by atoms with Gasteiger partial charge in [-0.05, 0) is 48.7 Å². The maximum atomic E-state index is 13.3. The summed E-state index contributed by atoms with van der Waals surface area (Å²) in [6, 6.07) is 12.0. The minimum absolute atomic E-state index is 0.0115. The van der Waals surface area contributed by atoms with Crippen LogP contribution in [-0.2, 0) is 22.6 Å². The quantitative estimate of drug-likeness (QED) is 0.487. The highest BCUT2D eigenvalue weighted by Crippen LogP contribution is 2.28. The number of hydrogen-bond acceptors (Lipinski definition) is 6. The van der Waals surface area contributed by atoms with Crippen LogP contribution in [0.2, 0.25) is 0 Å². The van der Waals surface area contributed by atoms with Gasteiger partial charge in [-0.25, -0.2) is 0 Å². The van der Waals surface area contributed by atoms with Crippen LogP contribution in [0.25, 0.3) is 0 Å². The van der Waals surface area contributed by atoms with Crippen LogP contribution >= 0.6 is 0 Å². The van der Waals surface area contributed by atoms with E-state index in [1.807, 2.05) is 24.3 Å². The molecule has 0 saturated carbocycles. The van der Waals surface area contributed by atoms with E-state index in [1.54, 1.807) is 44.2 Å². The van der Waals surface area contributed by atoms with E-state index in [0.717, 1.165) is 11.1 Å². The molecular weight excluding hydrogens is 412 g/mol. The standard InChI is InChI=1S/C24H32N2O6/c1-17(24(29)25-12-5-13-27)26(16-18-6-9-20(30-2)10-7-18)23(28)15-19-8-11-21(31-3)22(14-19)32-4/h6-11,14,17,27H,5,12-13,15-16H2,1-4H3,(H,25,29)/t17-/m1/s1. The molecule has 0 unspecified atom stereocenters. The Kier molecular flexibility index (Phi) is 9.81. The van der Waals surface area contributed by atoms with E-state index in [0.29, 0.717) is 30.2 Å². The zero-order valence-corrected chi connectivity index (χ0v) is 19.1. The van der Waals surface area contributed by atoms with Crippen LogP contribution in [0, 0.1) is 0 Å². The average molecular weight is 445 g/mol. The monoisotopic (exact) mass is 444 g/mol. The Bertz CT molecular complexity index is 885. The second-order valence-electron chi connectivity index (χ2n) is 7.28. The summed E-state index contributed by atoms with van der Waals surface area (Å²) >= 11 is 0. The lowest BCUT2D eigenvalue weighted by Crippen LogP contribution is -2.48. The number of benzene rings is 2. The maximum Gasteiger partial charge on any atom is 0.242 e. The van der Waals surface area contributed by atoms with Crippen LogP contribution in [0.1, 0.15) is 24.5 Å². The fourth-order valence-electron chi connectivity index (χ4n) is 3.22. The predicted molar refractivity (Wildman–Crippen MR) is 121 cm³/mol. The van der Waals surface area contributed by atoms with Gasteiger partial charge >= 0.3 is 0 Å². The van der Waals surface area contributed by atoms with Gasteiger partial charge in [0.05, 0.1) is 27.8 Å². The van der Waals surface area contributed by atoms with Crippen LogP contribution in [0.3, 0.4) is 0 Å². The van der Waals surface area contributed by atoms with Gasteiger partial charge < -0.3 is 29.5 Å². The van der Waals surface area contributed by atoms with Gasteiger partial charge in [0.25, 0.3) is 0 Å². The zero-order chi connectivity index (χ0) is 23.5. The molecule has 8 heteroatoms. The van der Waals surface area contributed by atoms with Crippen molar-refractivity contribution in [1.82, 2.24) is 10.2 Å². The van der Waals surface area contributed by atoms with Crippen molar-refractivity contribution in [2.45, 2.75) is 32.4 Å². The summed E-state index contributed by atoms with van der Waals surface area (Å²) in [4.78, 5) is 27.5. The van der Waals surface area contributed by atoms with E-state index in [-0.39, 0.29) is 31.4 Å². The summed E-state index contributed by atoms with van der Waals surface area (Å²) in [5.41, 5.74) is 1.63. The molecule has 0 heterocycles. The van der Waals surface area contributed by atoms with Crippen molar-refractivity contribution in [1.29, 1.82) is 0 Å². The molecule has 0 bridgehead atoms. The van der Waals surface area contributed by atoms with Gasteiger partial charge in [0.2, 0.25) is 11.8 Å². The Hall–Kier alpha value is -3.26. The molecule has 0 radical (unpaired) electrons. The summed E-state index contributed by atoms with van der Waals surface area (Å²) in [6.45, 7) is 2.30. The largest absolute Gasteiger partial charge is 0.497 e. The van der Waals surface area contributed by atoms with E-state index in [2.05, 4.69) is 5.32 Å². The Morgan fingerprint density at radius 1 is 0.969 bits per heavy atom. The summed E-state index contributed by atoms with van der Waals surface area (Å²) in [7, 11) is 4.68. The molecule has 0 aliphatic heterocycles. The maximum absolute atomic E-state index is 13.3. The first-order valence-electron chi connectivity index (χ1n) is 10.4. The number of carbonyl (C=O) groups excluding carboxylic acids is 2. The van der Waals surface area contributed by atoms with Crippen molar-refractivity contribution < 1.29 is 28.9 Å². The molecule has 0 fully saturated rings. The molecule has 2 rings (SSSR count). The number of ether oxygens (including phenoxy) is 3. The van der Waals surface area contributed by atoms with Gasteiger partial charge in [-0.1, -0.05) is 18.2 Å². The molecule has 1 atom stereocenters. The third-order valence-corrected chi connectivity index (χ3v) is 5.12. The fourth-order valence-corrected chi connectivity index (χ4v) is 3.22. The summed E-state index contributed by atoms with van der Waals surface area (Å²) < 4.78 is 15.8. The van der Waals surface area contributed by atoms with E-state index in [4.69, 9.17) is 19.3 Å². The number of carbonyl (C=O) groups is 2. The second kappa shape index (κ2) is 12.6. The number of amides is 2. The van der Waals surface area contributed by atoms with E-state index in [1.165, 1.54) is 7.11 Å². The van der Waals surface area contributed by atoms with Gasteiger partial charge in [0, 0.05) is 19.7 Å². The minimum atomic E-state index is -0.691. The molecule has 0 saturated heterocycles. The summed E-state index contributed by atoms with van der Waals surface area (Å²) in [5, 5.41) is 11.7. The molecule has 8 nitrogen and oxygen atoms in total. The summed E-state index contributed by atoms with van der Waals surface area (Å²) in [5.74, 6) is 1.36. The molecule has 32 heavy (non-hydrogen) atoms. The topological polar surface area (TPSA) is 97.3 Å². The number of hydrogen-bond donors (Lipinski definition) is 2. The Morgan fingerprint density at radius 3 is 2.22 bits per heavy atom. The highest BCUT2D eigenvalue weighted by Gasteiger charge is 2.26. The number of aliphatic hydroxyl groups is 1. The number of nitrogens with one attached hydrogen (secondary N) is 1. The van der Waals surface area contributed by atoms with Crippen molar-refractivity contribution in [3.05, 3.63) is 53.6 Å². The van der Waals surface area contributed by atoms with Crippen LogP contribution in [0.5, 0.6) is 17.2 Å². The highest BCUT2D eigenvalue weighted by molar-refractivity contribution is 5.88. The van der Waals surface area contributed by atoms with Crippen molar-refractivity contribution >= 4 is 11.8 Å². The molecule has 0 spiro atoms. The smallest absolute Gasteiger partial charge is 0.242 e. The lowest BCUT2D eigenvalue weighted by molar-refractivity contribution is -0.140. The second-order valence-corrected chi connectivity index (χ2v) is 7.28. The molecular formula is C24H32N2O6. The minimum Gasteiger partial charge on any atom is -0.497 e. The first-order valence-corrected chi connectivity index (χ1v) is 10.4. The van der Waals surface area contributed by atoms with Gasteiger partial charge in [-0.2, -0.15) is 0 Å². The van der Waals surface area contributed by atoms with E-state index in [9.17, 15) is 9.59 Å². The lowest BCUT2D eigenvalue weighted by Gasteiger charge is -2.29. The number of aliphatic hydroxyl groups excluding tert-OH is 1. The molecule has 0 aromatic heterocycles. The fraction of sp³-hybridized carbons (Fsp3) is 0.417. The molecule has 2 aromatic rings. The Balaban J connectivity index is 2.23. The molecule has 0 aliphatic rings. The van der Waals surface area contributed by atoms with Crippen LogP contribution in [-0.4, -0.2) is 62.3 Å². The van der Waals surface area contributed by atoms with Gasteiger partial charge in [0.1, 0.15) is 11.8 Å². The van der Waals surface area contributed by atoms with Crippen molar-refractivity contribution in [3.8, 4) is 17.2 Å². The average Bonchev–Trinajstić information content (AvgIpc) is 2.82. The lowest BCUT2D eigenvalue weighted by atomic mass is 10.1. The van der Waals surface area contributed by atoms with Gasteiger partial charge in [0.15, 0.2) is 11.5 Å². The van der Waals surface area contributed by atoms with Crippen LogP contribution in [0.15, 0.2) is 42.5 Å².